The molecule has 0 spiro atoms. The van der Waals surface area contributed by atoms with Gasteiger partial charge in [0.1, 0.15) is 0 Å². The summed E-state index contributed by atoms with van der Waals surface area (Å²) < 4.78 is 0. The standard InChI is InChI=1S/C23H29N3/c1-15-7-10-19-18(13-15)22-20-5-4-6-21(25(20)3)23(22)26(19)12-11-17-9-8-16(2)24-14-17/h7-10,13-14,20-23H,4-6,11-12H2,1-3H3/t20-,21+,22-,23+/m0/s1. The maximum absolute atomic E-state index is 4.49. The van der Waals surface area contributed by atoms with E-state index in [4.69, 9.17) is 0 Å². The fourth-order valence-corrected chi connectivity index (χ4v) is 5.82. The van der Waals surface area contributed by atoms with E-state index in [-0.39, 0.29) is 0 Å². The molecular weight excluding hydrogens is 318 g/mol. The van der Waals surface area contributed by atoms with Crippen LogP contribution < -0.4 is 4.90 Å². The first-order chi connectivity index (χ1) is 12.6. The number of anilines is 1. The molecule has 3 aliphatic rings. The van der Waals surface area contributed by atoms with Crippen LogP contribution >= 0.6 is 0 Å². The van der Waals surface area contributed by atoms with Crippen molar-refractivity contribution in [1.29, 1.82) is 0 Å². The number of hydrogen-bond donors (Lipinski definition) is 0. The van der Waals surface area contributed by atoms with Crippen molar-refractivity contribution >= 4 is 5.69 Å². The van der Waals surface area contributed by atoms with Crippen molar-refractivity contribution in [2.75, 3.05) is 18.5 Å². The lowest BCUT2D eigenvalue weighted by molar-refractivity contribution is 0.168. The van der Waals surface area contributed by atoms with E-state index in [0.29, 0.717) is 18.0 Å². The maximum Gasteiger partial charge on any atom is 0.0529 e. The van der Waals surface area contributed by atoms with E-state index in [1.807, 2.05) is 0 Å². The third-order valence-corrected chi connectivity index (χ3v) is 7.05. The Labute approximate surface area is 157 Å². The smallest absolute Gasteiger partial charge is 0.0529 e. The second-order valence-electron chi connectivity index (χ2n) is 8.56. The quantitative estimate of drug-likeness (QED) is 0.834. The van der Waals surface area contributed by atoms with Crippen molar-refractivity contribution in [2.45, 2.75) is 63.6 Å². The van der Waals surface area contributed by atoms with E-state index >= 15 is 0 Å². The van der Waals surface area contributed by atoms with Crippen LogP contribution in [0, 0.1) is 13.8 Å². The molecule has 3 nitrogen and oxygen atoms in total. The monoisotopic (exact) mass is 347 g/mol. The lowest BCUT2D eigenvalue weighted by atomic mass is 9.89. The number of fused-ring (bicyclic) bond motifs is 7. The summed E-state index contributed by atoms with van der Waals surface area (Å²) in [5, 5.41) is 0. The number of benzene rings is 1. The lowest BCUT2D eigenvalue weighted by Crippen LogP contribution is -2.45. The number of nitrogens with zero attached hydrogens (tertiary/aromatic N) is 3. The highest BCUT2D eigenvalue weighted by Gasteiger charge is 2.55. The number of rotatable bonds is 3. The van der Waals surface area contributed by atoms with Crippen molar-refractivity contribution in [3.63, 3.8) is 0 Å². The predicted octanol–water partition coefficient (Wildman–Crippen LogP) is 4.08. The summed E-state index contributed by atoms with van der Waals surface area (Å²) in [4.78, 5) is 9.93. The first-order valence-electron chi connectivity index (χ1n) is 10.1. The number of aromatic nitrogens is 1. The molecule has 2 saturated heterocycles. The average molecular weight is 348 g/mol. The molecule has 136 valence electrons. The predicted molar refractivity (Wildman–Crippen MR) is 107 cm³/mol. The summed E-state index contributed by atoms with van der Waals surface area (Å²) in [6, 6.07) is 13.6. The van der Waals surface area contributed by atoms with Gasteiger partial charge in [0, 0.05) is 42.1 Å². The number of hydrogen-bond acceptors (Lipinski definition) is 3. The molecule has 26 heavy (non-hydrogen) atoms. The number of aryl methyl sites for hydroxylation is 2. The van der Waals surface area contributed by atoms with E-state index in [1.54, 1.807) is 5.56 Å². The van der Waals surface area contributed by atoms with Crippen molar-refractivity contribution < 1.29 is 0 Å². The number of likely N-dealkylation sites (N-methyl/N-ethyl adjacent to an activating group) is 1. The van der Waals surface area contributed by atoms with Gasteiger partial charge in [0.25, 0.3) is 0 Å². The molecule has 4 atom stereocenters. The minimum atomic E-state index is 0.655. The molecule has 2 aromatic rings. The number of pyridine rings is 1. The second kappa shape index (κ2) is 6.09. The second-order valence-corrected chi connectivity index (χ2v) is 8.56. The van der Waals surface area contributed by atoms with Gasteiger partial charge < -0.3 is 4.90 Å². The van der Waals surface area contributed by atoms with Crippen molar-refractivity contribution in [1.82, 2.24) is 9.88 Å². The Kier molecular flexibility index (Phi) is 3.82. The Hall–Kier alpha value is -1.87. The summed E-state index contributed by atoms with van der Waals surface area (Å²) in [6.07, 6.45) is 7.23. The Bertz CT molecular complexity index is 813. The molecule has 5 rings (SSSR count). The van der Waals surface area contributed by atoms with Gasteiger partial charge in [-0.3, -0.25) is 9.88 Å². The first-order valence-corrected chi connectivity index (χ1v) is 10.1. The molecule has 3 aliphatic heterocycles. The van der Waals surface area contributed by atoms with Gasteiger partial charge in [0.2, 0.25) is 0 Å². The van der Waals surface area contributed by atoms with Crippen LogP contribution in [0.5, 0.6) is 0 Å². The zero-order chi connectivity index (χ0) is 17.8. The van der Waals surface area contributed by atoms with Gasteiger partial charge >= 0.3 is 0 Å². The van der Waals surface area contributed by atoms with Gasteiger partial charge in [0.15, 0.2) is 0 Å². The van der Waals surface area contributed by atoms with Crippen molar-refractivity contribution in [3.05, 3.63) is 58.9 Å². The molecule has 0 amide bonds. The minimum Gasteiger partial charge on any atom is -0.366 e. The van der Waals surface area contributed by atoms with Crippen LogP contribution in [0.25, 0.3) is 0 Å². The lowest BCUT2D eigenvalue weighted by Gasteiger charge is -2.37. The van der Waals surface area contributed by atoms with Gasteiger partial charge in [-0.1, -0.05) is 30.2 Å². The highest BCUT2D eigenvalue weighted by Crippen LogP contribution is 2.54. The Morgan fingerprint density at radius 1 is 1.08 bits per heavy atom. The topological polar surface area (TPSA) is 19.4 Å². The van der Waals surface area contributed by atoms with Crippen molar-refractivity contribution in [2.24, 2.45) is 0 Å². The fourth-order valence-electron chi connectivity index (χ4n) is 5.82. The summed E-state index contributed by atoms with van der Waals surface area (Å²) in [6.45, 7) is 5.39. The number of piperidine rings is 1. The minimum absolute atomic E-state index is 0.655. The molecule has 0 unspecified atom stereocenters. The molecule has 0 radical (unpaired) electrons. The zero-order valence-electron chi connectivity index (χ0n) is 16.2. The molecule has 2 fully saturated rings. The van der Waals surface area contributed by atoms with Gasteiger partial charge in [-0.2, -0.15) is 0 Å². The summed E-state index contributed by atoms with van der Waals surface area (Å²) in [5.41, 5.74) is 6.95. The maximum atomic E-state index is 4.49. The molecule has 3 heteroatoms. The van der Waals surface area contributed by atoms with E-state index < -0.39 is 0 Å². The summed E-state index contributed by atoms with van der Waals surface area (Å²) >= 11 is 0. The van der Waals surface area contributed by atoms with Gasteiger partial charge in [-0.05, 0) is 63.4 Å². The molecule has 1 aromatic carbocycles. The van der Waals surface area contributed by atoms with Crippen LogP contribution in [-0.2, 0) is 6.42 Å². The highest BCUT2D eigenvalue weighted by molar-refractivity contribution is 5.65. The molecule has 0 aliphatic carbocycles. The summed E-state index contributed by atoms with van der Waals surface area (Å²) in [5.74, 6) is 0.693. The normalized spacial score (nSPS) is 29.7. The zero-order valence-corrected chi connectivity index (χ0v) is 16.2. The van der Waals surface area contributed by atoms with Crippen LogP contribution in [0.15, 0.2) is 36.5 Å². The Balaban J connectivity index is 1.49. The molecule has 0 N–H and O–H groups in total. The van der Waals surface area contributed by atoms with E-state index in [2.05, 4.69) is 72.2 Å². The van der Waals surface area contributed by atoms with E-state index in [0.717, 1.165) is 24.7 Å². The molecular formula is C23H29N3. The van der Waals surface area contributed by atoms with Crippen LogP contribution in [0.2, 0.25) is 0 Å². The van der Waals surface area contributed by atoms with E-state index in [1.165, 1.54) is 36.1 Å². The van der Waals surface area contributed by atoms with Crippen molar-refractivity contribution in [3.8, 4) is 0 Å². The third-order valence-electron chi connectivity index (χ3n) is 7.05. The molecule has 0 saturated carbocycles. The SMILES string of the molecule is Cc1ccc2c(c1)[C@@H]1[C@@H]([C@H]3CCC[C@@H]1N3C)N2CCc1ccc(C)nc1. The molecule has 4 heterocycles. The van der Waals surface area contributed by atoms with Gasteiger partial charge in [-0.15, -0.1) is 0 Å². The van der Waals surface area contributed by atoms with E-state index in [9.17, 15) is 0 Å². The fraction of sp³-hybridized carbons (Fsp3) is 0.522. The van der Waals surface area contributed by atoms with Gasteiger partial charge in [0.05, 0.1) is 6.04 Å². The third kappa shape index (κ3) is 2.40. The summed E-state index contributed by atoms with van der Waals surface area (Å²) in [7, 11) is 2.37. The average Bonchev–Trinajstić information content (AvgIpc) is 2.99. The van der Waals surface area contributed by atoms with Gasteiger partial charge in [-0.25, -0.2) is 0 Å². The van der Waals surface area contributed by atoms with Crippen LogP contribution in [0.4, 0.5) is 5.69 Å². The van der Waals surface area contributed by atoms with Crippen LogP contribution in [0.1, 0.15) is 47.6 Å². The largest absolute Gasteiger partial charge is 0.366 e. The van der Waals surface area contributed by atoms with Crippen LogP contribution in [0.3, 0.4) is 0 Å². The van der Waals surface area contributed by atoms with Crippen LogP contribution in [-0.4, -0.2) is 41.6 Å². The Morgan fingerprint density at radius 2 is 1.92 bits per heavy atom. The molecule has 2 bridgehead atoms. The Morgan fingerprint density at radius 3 is 2.73 bits per heavy atom. The first kappa shape index (κ1) is 16.3. The molecule has 1 aromatic heterocycles. The highest BCUT2D eigenvalue weighted by atomic mass is 15.3.